The Balaban J connectivity index is 2.14. The van der Waals surface area contributed by atoms with Crippen molar-refractivity contribution in [2.75, 3.05) is 5.32 Å². The van der Waals surface area contributed by atoms with E-state index in [1.165, 1.54) is 0 Å². The van der Waals surface area contributed by atoms with E-state index in [1.54, 1.807) is 6.07 Å². The lowest BCUT2D eigenvalue weighted by atomic mass is 10.1. The van der Waals surface area contributed by atoms with Crippen molar-refractivity contribution in [3.8, 4) is 6.07 Å². The van der Waals surface area contributed by atoms with Crippen LogP contribution < -0.4 is 5.32 Å². The number of hydrogen-bond donors (Lipinski definition) is 1. The lowest BCUT2D eigenvalue weighted by molar-refractivity contribution is 1.15. The average Bonchev–Trinajstić information content (AvgIpc) is 2.37. The maximum Gasteiger partial charge on any atom is 0.101 e. The molecule has 0 heterocycles. The number of nitriles is 1. The van der Waals surface area contributed by atoms with E-state index < -0.39 is 0 Å². The fourth-order valence-electron chi connectivity index (χ4n) is 1.61. The van der Waals surface area contributed by atoms with E-state index >= 15 is 0 Å². The highest BCUT2D eigenvalue weighted by molar-refractivity contribution is 9.10. The van der Waals surface area contributed by atoms with Gasteiger partial charge in [0.25, 0.3) is 0 Å². The van der Waals surface area contributed by atoms with Gasteiger partial charge < -0.3 is 5.32 Å². The molecule has 4 heteroatoms. The second kappa shape index (κ2) is 5.90. The summed E-state index contributed by atoms with van der Waals surface area (Å²) in [7, 11) is 0. The zero-order chi connectivity index (χ0) is 13.0. The summed E-state index contributed by atoms with van der Waals surface area (Å²) in [6, 6.07) is 15.4. The minimum absolute atomic E-state index is 0.617. The van der Waals surface area contributed by atoms with Crippen LogP contribution in [0.5, 0.6) is 0 Å². The Labute approximate surface area is 119 Å². The Morgan fingerprint density at radius 2 is 2.06 bits per heavy atom. The normalized spacial score (nSPS) is 9.83. The molecule has 2 aromatic rings. The quantitative estimate of drug-likeness (QED) is 0.897. The Kier molecular flexibility index (Phi) is 4.24. The molecule has 0 atom stereocenters. The lowest BCUT2D eigenvalue weighted by Crippen LogP contribution is -2.01. The largest absolute Gasteiger partial charge is 0.380 e. The third kappa shape index (κ3) is 3.25. The number of hydrogen-bond acceptors (Lipinski definition) is 2. The number of halogens is 2. The zero-order valence-electron chi connectivity index (χ0n) is 9.45. The van der Waals surface area contributed by atoms with Crippen molar-refractivity contribution in [3.05, 3.63) is 63.1 Å². The highest BCUT2D eigenvalue weighted by Gasteiger charge is 2.02. The van der Waals surface area contributed by atoms with E-state index in [2.05, 4.69) is 27.3 Å². The van der Waals surface area contributed by atoms with Crippen LogP contribution in [0.4, 0.5) is 5.69 Å². The van der Waals surface area contributed by atoms with Crippen LogP contribution in [0.1, 0.15) is 11.1 Å². The fourth-order valence-corrected chi connectivity index (χ4v) is 2.18. The summed E-state index contributed by atoms with van der Waals surface area (Å²) in [6.07, 6.45) is 0. The van der Waals surface area contributed by atoms with Gasteiger partial charge in [-0.1, -0.05) is 39.7 Å². The number of rotatable bonds is 3. The van der Waals surface area contributed by atoms with Gasteiger partial charge >= 0.3 is 0 Å². The van der Waals surface area contributed by atoms with Gasteiger partial charge in [-0.3, -0.25) is 0 Å². The molecule has 2 rings (SSSR count). The monoisotopic (exact) mass is 320 g/mol. The molecule has 0 saturated heterocycles. The predicted octanol–water partition coefficient (Wildman–Crippen LogP) is 4.59. The predicted molar refractivity (Wildman–Crippen MR) is 77.6 cm³/mol. The first-order valence-electron chi connectivity index (χ1n) is 5.37. The maximum atomic E-state index is 9.05. The van der Waals surface area contributed by atoms with E-state index in [0.29, 0.717) is 17.1 Å². The lowest BCUT2D eigenvalue weighted by Gasteiger charge is -2.08. The van der Waals surface area contributed by atoms with Crippen molar-refractivity contribution in [2.24, 2.45) is 0 Å². The van der Waals surface area contributed by atoms with Crippen LogP contribution in [0.2, 0.25) is 5.02 Å². The first-order chi connectivity index (χ1) is 8.69. The van der Waals surface area contributed by atoms with E-state index in [-0.39, 0.29) is 0 Å². The van der Waals surface area contributed by atoms with Crippen LogP contribution in [0.3, 0.4) is 0 Å². The molecule has 90 valence electrons. The summed E-state index contributed by atoms with van der Waals surface area (Å²) in [5, 5.41) is 13.0. The van der Waals surface area contributed by atoms with Gasteiger partial charge in [0.05, 0.1) is 11.3 Å². The Hall–Kier alpha value is -1.50. The summed E-state index contributed by atoms with van der Waals surface area (Å²) in [5.74, 6) is 0. The van der Waals surface area contributed by atoms with Crippen LogP contribution in [0, 0.1) is 11.3 Å². The van der Waals surface area contributed by atoms with Crippen LogP contribution in [0.15, 0.2) is 46.9 Å². The Morgan fingerprint density at radius 1 is 1.22 bits per heavy atom. The van der Waals surface area contributed by atoms with Crippen molar-refractivity contribution in [1.29, 1.82) is 5.26 Å². The van der Waals surface area contributed by atoms with Gasteiger partial charge in [-0.2, -0.15) is 5.26 Å². The zero-order valence-corrected chi connectivity index (χ0v) is 11.8. The van der Waals surface area contributed by atoms with E-state index in [9.17, 15) is 0 Å². The SMILES string of the molecule is N#Cc1cc(Br)ccc1NCc1cccc(Cl)c1. The maximum absolute atomic E-state index is 9.05. The smallest absolute Gasteiger partial charge is 0.101 e. The molecular weight excluding hydrogens is 312 g/mol. The van der Waals surface area contributed by atoms with Gasteiger partial charge in [0.1, 0.15) is 6.07 Å². The van der Waals surface area contributed by atoms with Gasteiger partial charge in [0, 0.05) is 16.0 Å². The van der Waals surface area contributed by atoms with Gasteiger partial charge in [-0.05, 0) is 35.9 Å². The molecule has 0 radical (unpaired) electrons. The van der Waals surface area contributed by atoms with Crippen molar-refractivity contribution in [1.82, 2.24) is 0 Å². The molecule has 0 aliphatic carbocycles. The number of benzene rings is 2. The third-order valence-electron chi connectivity index (χ3n) is 2.47. The Bertz CT molecular complexity index is 605. The molecule has 0 saturated carbocycles. The highest BCUT2D eigenvalue weighted by atomic mass is 79.9. The minimum atomic E-state index is 0.617. The fraction of sp³-hybridized carbons (Fsp3) is 0.0714. The van der Waals surface area contributed by atoms with Gasteiger partial charge in [0.2, 0.25) is 0 Å². The number of nitrogens with one attached hydrogen (secondary N) is 1. The molecule has 0 bridgehead atoms. The highest BCUT2D eigenvalue weighted by Crippen LogP contribution is 2.21. The van der Waals surface area contributed by atoms with Gasteiger partial charge in [-0.25, -0.2) is 0 Å². The molecule has 0 amide bonds. The van der Waals surface area contributed by atoms with E-state index in [1.807, 2.05) is 36.4 Å². The topological polar surface area (TPSA) is 35.8 Å². The third-order valence-corrected chi connectivity index (χ3v) is 3.20. The first-order valence-corrected chi connectivity index (χ1v) is 6.54. The molecule has 0 aliphatic heterocycles. The van der Waals surface area contributed by atoms with Gasteiger partial charge in [-0.15, -0.1) is 0 Å². The van der Waals surface area contributed by atoms with Crippen LogP contribution in [-0.4, -0.2) is 0 Å². The second-order valence-electron chi connectivity index (χ2n) is 3.79. The molecule has 2 aromatic carbocycles. The van der Waals surface area contributed by atoms with Crippen molar-refractivity contribution < 1.29 is 0 Å². The molecule has 0 unspecified atom stereocenters. The van der Waals surface area contributed by atoms with Crippen molar-refractivity contribution in [2.45, 2.75) is 6.54 Å². The summed E-state index contributed by atoms with van der Waals surface area (Å²) in [5.41, 5.74) is 2.52. The number of anilines is 1. The molecule has 1 N–H and O–H groups in total. The Morgan fingerprint density at radius 3 is 2.78 bits per heavy atom. The summed E-state index contributed by atoms with van der Waals surface area (Å²) in [6.45, 7) is 0.636. The summed E-state index contributed by atoms with van der Waals surface area (Å²) >= 11 is 9.27. The standard InChI is InChI=1S/C14H10BrClN2/c15-12-4-5-14(11(7-12)8-17)18-9-10-2-1-3-13(16)6-10/h1-7,18H,9H2. The summed E-state index contributed by atoms with van der Waals surface area (Å²) < 4.78 is 0.896. The van der Waals surface area contributed by atoms with Crippen LogP contribution >= 0.6 is 27.5 Å². The molecule has 0 aromatic heterocycles. The molecule has 18 heavy (non-hydrogen) atoms. The minimum Gasteiger partial charge on any atom is -0.380 e. The van der Waals surface area contributed by atoms with E-state index in [4.69, 9.17) is 16.9 Å². The van der Waals surface area contributed by atoms with E-state index in [0.717, 1.165) is 15.7 Å². The molecule has 2 nitrogen and oxygen atoms in total. The first kappa shape index (κ1) is 12.9. The average molecular weight is 322 g/mol. The van der Waals surface area contributed by atoms with Crippen molar-refractivity contribution >= 4 is 33.2 Å². The molecule has 0 fully saturated rings. The van der Waals surface area contributed by atoms with Crippen molar-refractivity contribution in [3.63, 3.8) is 0 Å². The number of nitrogens with zero attached hydrogens (tertiary/aromatic N) is 1. The van der Waals surface area contributed by atoms with Gasteiger partial charge in [0.15, 0.2) is 0 Å². The molecular formula is C14H10BrClN2. The van der Waals surface area contributed by atoms with Crippen LogP contribution in [0.25, 0.3) is 0 Å². The summed E-state index contributed by atoms with van der Waals surface area (Å²) in [4.78, 5) is 0. The van der Waals surface area contributed by atoms with Crippen LogP contribution in [-0.2, 0) is 6.54 Å². The molecule has 0 aliphatic rings. The molecule has 0 spiro atoms. The second-order valence-corrected chi connectivity index (χ2v) is 5.14.